The van der Waals surface area contributed by atoms with Crippen molar-refractivity contribution in [3.05, 3.63) is 48.3 Å². The first kappa shape index (κ1) is 14.7. The van der Waals surface area contributed by atoms with Crippen molar-refractivity contribution in [3.63, 3.8) is 0 Å². The fraction of sp³-hybridized carbons (Fsp3) is 0.308. The van der Waals surface area contributed by atoms with Crippen LogP contribution in [0.3, 0.4) is 0 Å². The van der Waals surface area contributed by atoms with E-state index in [2.05, 4.69) is 9.71 Å². The number of halogens is 1. The van der Waals surface area contributed by atoms with E-state index in [1.165, 1.54) is 12.1 Å². The highest BCUT2D eigenvalue weighted by atomic mass is 32.2. The minimum absolute atomic E-state index is 0.0526. The van der Waals surface area contributed by atoms with Gasteiger partial charge in [0, 0.05) is 25.5 Å². The molecule has 0 aliphatic rings. The number of nitrogens with zero attached hydrogens (tertiary/aromatic N) is 2. The molecule has 0 unspecified atom stereocenters. The van der Waals surface area contributed by atoms with Crippen molar-refractivity contribution in [3.8, 4) is 0 Å². The highest BCUT2D eigenvalue weighted by Crippen LogP contribution is 2.13. The Kier molecular flexibility index (Phi) is 4.51. The molecule has 0 radical (unpaired) electrons. The molecule has 1 aromatic heterocycles. The molecule has 0 saturated carbocycles. The maximum Gasteiger partial charge on any atom is 0.240 e. The van der Waals surface area contributed by atoms with Crippen molar-refractivity contribution in [2.45, 2.75) is 24.8 Å². The average Bonchev–Trinajstić information content (AvgIpc) is 2.91. The van der Waals surface area contributed by atoms with E-state index in [-0.39, 0.29) is 11.4 Å². The zero-order valence-electron chi connectivity index (χ0n) is 11.1. The first-order valence-corrected chi connectivity index (χ1v) is 7.69. The van der Waals surface area contributed by atoms with Crippen molar-refractivity contribution in [1.29, 1.82) is 0 Å². The van der Waals surface area contributed by atoms with Crippen LogP contribution < -0.4 is 4.72 Å². The van der Waals surface area contributed by atoms with Crippen LogP contribution in [0.2, 0.25) is 0 Å². The highest BCUT2D eigenvalue weighted by Gasteiger charge is 2.14. The van der Waals surface area contributed by atoms with E-state index in [0.717, 1.165) is 6.07 Å². The lowest BCUT2D eigenvalue weighted by atomic mass is 10.2. The van der Waals surface area contributed by atoms with Crippen LogP contribution in [0.4, 0.5) is 4.39 Å². The van der Waals surface area contributed by atoms with Crippen LogP contribution in [0.1, 0.15) is 12.0 Å². The maximum atomic E-state index is 13.4. The minimum Gasteiger partial charge on any atom is -0.337 e. The second-order valence-electron chi connectivity index (χ2n) is 4.46. The van der Waals surface area contributed by atoms with E-state index in [4.69, 9.17) is 0 Å². The standard InChI is InChI=1S/C13H16FN3O2S/c1-11-3-4-12(9-13(11)14)20(18,19)16-5-2-7-17-8-6-15-10-17/h3-4,6,8-10,16H,2,5,7H2,1H3. The van der Waals surface area contributed by atoms with Gasteiger partial charge in [-0.3, -0.25) is 0 Å². The van der Waals surface area contributed by atoms with Crippen LogP contribution in [0.25, 0.3) is 0 Å². The van der Waals surface area contributed by atoms with Gasteiger partial charge in [0.05, 0.1) is 11.2 Å². The number of rotatable bonds is 6. The number of imidazole rings is 1. The van der Waals surface area contributed by atoms with E-state index in [0.29, 0.717) is 18.5 Å². The molecule has 0 fully saturated rings. The topological polar surface area (TPSA) is 64.0 Å². The first-order valence-electron chi connectivity index (χ1n) is 6.20. The number of nitrogens with one attached hydrogen (secondary N) is 1. The van der Waals surface area contributed by atoms with Crippen LogP contribution in [-0.4, -0.2) is 24.5 Å². The molecular formula is C13H16FN3O2S. The molecule has 5 nitrogen and oxygen atoms in total. The van der Waals surface area contributed by atoms with Crippen LogP contribution in [0.15, 0.2) is 41.8 Å². The van der Waals surface area contributed by atoms with Crippen LogP contribution in [0, 0.1) is 12.7 Å². The normalized spacial score (nSPS) is 11.7. The predicted octanol–water partition coefficient (Wildman–Crippen LogP) is 1.70. The monoisotopic (exact) mass is 297 g/mol. The van der Waals surface area contributed by atoms with E-state index in [9.17, 15) is 12.8 Å². The van der Waals surface area contributed by atoms with Crippen molar-refractivity contribution >= 4 is 10.0 Å². The van der Waals surface area contributed by atoms with Gasteiger partial charge < -0.3 is 4.57 Å². The lowest BCUT2D eigenvalue weighted by Gasteiger charge is -2.08. The summed E-state index contributed by atoms with van der Waals surface area (Å²) in [6, 6.07) is 3.89. The molecule has 2 rings (SSSR count). The zero-order valence-corrected chi connectivity index (χ0v) is 11.9. The van der Waals surface area contributed by atoms with Crippen LogP contribution >= 0.6 is 0 Å². The number of benzene rings is 1. The van der Waals surface area contributed by atoms with E-state index in [1.54, 1.807) is 19.4 Å². The van der Waals surface area contributed by atoms with Crippen molar-refractivity contribution < 1.29 is 12.8 Å². The van der Waals surface area contributed by atoms with Gasteiger partial charge >= 0.3 is 0 Å². The SMILES string of the molecule is Cc1ccc(S(=O)(=O)NCCCn2ccnc2)cc1F. The Morgan fingerprint density at radius 1 is 1.40 bits per heavy atom. The lowest BCUT2D eigenvalue weighted by Crippen LogP contribution is -2.25. The van der Waals surface area contributed by atoms with Gasteiger partial charge in [0.15, 0.2) is 0 Å². The van der Waals surface area contributed by atoms with Crippen molar-refractivity contribution in [1.82, 2.24) is 14.3 Å². The molecule has 0 atom stereocenters. The average molecular weight is 297 g/mol. The summed E-state index contributed by atoms with van der Waals surface area (Å²) in [7, 11) is -3.66. The molecule has 0 aliphatic heterocycles. The van der Waals surface area contributed by atoms with Gasteiger partial charge in [-0.2, -0.15) is 0 Å². The molecule has 0 saturated heterocycles. The molecule has 2 aromatic rings. The number of aromatic nitrogens is 2. The molecule has 0 aliphatic carbocycles. The van der Waals surface area contributed by atoms with Crippen molar-refractivity contribution in [2.75, 3.05) is 6.54 Å². The van der Waals surface area contributed by atoms with Gasteiger partial charge in [-0.05, 0) is 31.0 Å². The summed E-state index contributed by atoms with van der Waals surface area (Å²) in [5.41, 5.74) is 0.420. The molecule has 108 valence electrons. The van der Waals surface area contributed by atoms with Crippen LogP contribution in [0.5, 0.6) is 0 Å². The van der Waals surface area contributed by atoms with Gasteiger partial charge in [-0.15, -0.1) is 0 Å². The first-order chi connectivity index (χ1) is 9.49. The molecule has 0 bridgehead atoms. The lowest BCUT2D eigenvalue weighted by molar-refractivity contribution is 0.566. The van der Waals surface area contributed by atoms with E-state index in [1.807, 2.05) is 10.8 Å². The van der Waals surface area contributed by atoms with Gasteiger partial charge in [0.2, 0.25) is 10.0 Å². The second-order valence-corrected chi connectivity index (χ2v) is 6.23. The Hall–Kier alpha value is -1.73. The number of sulfonamides is 1. The van der Waals surface area contributed by atoms with E-state index >= 15 is 0 Å². The Morgan fingerprint density at radius 3 is 2.85 bits per heavy atom. The van der Waals surface area contributed by atoms with Gasteiger partial charge in [-0.25, -0.2) is 22.5 Å². The Morgan fingerprint density at radius 2 is 2.20 bits per heavy atom. The fourth-order valence-electron chi connectivity index (χ4n) is 1.71. The van der Waals surface area contributed by atoms with E-state index < -0.39 is 15.8 Å². The summed E-state index contributed by atoms with van der Waals surface area (Å²) in [4.78, 5) is 3.85. The third kappa shape index (κ3) is 3.64. The second kappa shape index (κ2) is 6.15. The largest absolute Gasteiger partial charge is 0.337 e. The number of hydrogen-bond acceptors (Lipinski definition) is 3. The third-order valence-corrected chi connectivity index (χ3v) is 4.36. The molecule has 0 amide bonds. The molecule has 0 spiro atoms. The minimum atomic E-state index is -3.66. The van der Waals surface area contributed by atoms with Gasteiger partial charge in [0.25, 0.3) is 0 Å². The highest BCUT2D eigenvalue weighted by molar-refractivity contribution is 7.89. The summed E-state index contributed by atoms with van der Waals surface area (Å²) >= 11 is 0. The summed E-state index contributed by atoms with van der Waals surface area (Å²) in [5.74, 6) is -0.522. The zero-order chi connectivity index (χ0) is 14.6. The predicted molar refractivity (Wildman–Crippen MR) is 73.2 cm³/mol. The molecule has 1 aromatic carbocycles. The summed E-state index contributed by atoms with van der Waals surface area (Å²) in [5, 5.41) is 0. The fourth-order valence-corrected chi connectivity index (χ4v) is 2.80. The number of hydrogen-bond donors (Lipinski definition) is 1. The molecule has 20 heavy (non-hydrogen) atoms. The summed E-state index contributed by atoms with van der Waals surface area (Å²) < 4.78 is 41.6. The smallest absolute Gasteiger partial charge is 0.240 e. The molecule has 1 N–H and O–H groups in total. The van der Waals surface area contributed by atoms with Gasteiger partial charge in [0.1, 0.15) is 5.82 Å². The summed E-state index contributed by atoms with van der Waals surface area (Å²) in [6.07, 6.45) is 5.77. The quantitative estimate of drug-likeness (QED) is 0.825. The molecular weight excluding hydrogens is 281 g/mol. The Balaban J connectivity index is 1.92. The number of aryl methyl sites for hydroxylation is 2. The Bertz CT molecular complexity index is 669. The van der Waals surface area contributed by atoms with Crippen LogP contribution in [-0.2, 0) is 16.6 Å². The Labute approximate surface area is 117 Å². The molecule has 7 heteroatoms. The molecule has 1 heterocycles. The van der Waals surface area contributed by atoms with Crippen molar-refractivity contribution in [2.24, 2.45) is 0 Å². The maximum absolute atomic E-state index is 13.4. The third-order valence-electron chi connectivity index (χ3n) is 2.90. The van der Waals surface area contributed by atoms with Gasteiger partial charge in [-0.1, -0.05) is 6.07 Å². The summed E-state index contributed by atoms with van der Waals surface area (Å²) in [6.45, 7) is 2.55.